The third-order valence-corrected chi connectivity index (χ3v) is 5.65. The average Bonchev–Trinajstić information content (AvgIpc) is 2.62. The SMILES string of the molecule is CC1CCC(C(=O)N2C3CCC2CC(Cl)C3)CC1. The molecule has 0 radical (unpaired) electrons. The van der Waals surface area contributed by atoms with Gasteiger partial charge in [0.2, 0.25) is 5.91 Å². The molecule has 0 spiro atoms. The molecule has 0 aromatic rings. The number of halogens is 1. The van der Waals surface area contributed by atoms with Crippen LogP contribution < -0.4 is 0 Å². The lowest BCUT2D eigenvalue weighted by molar-refractivity contribution is -0.141. The molecular formula is C15H24ClNO. The highest BCUT2D eigenvalue weighted by atomic mass is 35.5. The van der Waals surface area contributed by atoms with Crippen LogP contribution in [0.2, 0.25) is 0 Å². The average molecular weight is 270 g/mol. The van der Waals surface area contributed by atoms with E-state index < -0.39 is 0 Å². The van der Waals surface area contributed by atoms with Crippen LogP contribution in [-0.2, 0) is 4.79 Å². The van der Waals surface area contributed by atoms with Crippen molar-refractivity contribution >= 4 is 17.5 Å². The first-order valence-corrected chi connectivity index (χ1v) is 8.05. The van der Waals surface area contributed by atoms with Crippen molar-refractivity contribution in [2.45, 2.75) is 75.8 Å². The second-order valence-electron chi connectivity index (χ2n) is 6.66. The maximum Gasteiger partial charge on any atom is 0.226 e. The molecule has 2 saturated heterocycles. The predicted molar refractivity (Wildman–Crippen MR) is 73.7 cm³/mol. The van der Waals surface area contributed by atoms with Gasteiger partial charge in [-0.2, -0.15) is 0 Å². The number of carbonyl (C=O) groups is 1. The number of carbonyl (C=O) groups excluding carboxylic acids is 1. The van der Waals surface area contributed by atoms with Crippen LogP contribution in [0.4, 0.5) is 0 Å². The molecule has 0 N–H and O–H groups in total. The molecule has 0 aromatic heterocycles. The summed E-state index contributed by atoms with van der Waals surface area (Å²) in [5, 5.41) is 0.304. The molecule has 3 aliphatic rings. The van der Waals surface area contributed by atoms with Crippen LogP contribution >= 0.6 is 11.6 Å². The summed E-state index contributed by atoms with van der Waals surface area (Å²) < 4.78 is 0. The molecule has 2 atom stereocenters. The van der Waals surface area contributed by atoms with Gasteiger partial charge in [0.25, 0.3) is 0 Å². The van der Waals surface area contributed by atoms with E-state index in [1.807, 2.05) is 0 Å². The number of piperidine rings is 1. The van der Waals surface area contributed by atoms with Gasteiger partial charge in [0.15, 0.2) is 0 Å². The monoisotopic (exact) mass is 269 g/mol. The first-order valence-electron chi connectivity index (χ1n) is 7.61. The van der Waals surface area contributed by atoms with Gasteiger partial charge in [-0.25, -0.2) is 0 Å². The minimum absolute atomic E-state index is 0.304. The first kappa shape index (κ1) is 12.8. The molecule has 102 valence electrons. The highest BCUT2D eigenvalue weighted by Gasteiger charge is 2.44. The Bertz CT molecular complexity index is 310. The molecule has 0 aromatic carbocycles. The number of nitrogens with zero attached hydrogens (tertiary/aromatic N) is 1. The molecule has 2 unspecified atom stereocenters. The number of alkyl halides is 1. The van der Waals surface area contributed by atoms with Crippen LogP contribution in [-0.4, -0.2) is 28.3 Å². The summed E-state index contributed by atoms with van der Waals surface area (Å²) in [7, 11) is 0. The van der Waals surface area contributed by atoms with Gasteiger partial charge in [-0.05, 0) is 57.3 Å². The zero-order valence-electron chi connectivity index (χ0n) is 11.3. The van der Waals surface area contributed by atoms with E-state index in [4.69, 9.17) is 11.6 Å². The molecular weight excluding hydrogens is 246 g/mol. The van der Waals surface area contributed by atoms with Crippen molar-refractivity contribution in [3.05, 3.63) is 0 Å². The van der Waals surface area contributed by atoms with Crippen LogP contribution in [0, 0.1) is 11.8 Å². The van der Waals surface area contributed by atoms with Crippen molar-refractivity contribution in [3.63, 3.8) is 0 Å². The van der Waals surface area contributed by atoms with Gasteiger partial charge in [0.05, 0.1) is 0 Å². The van der Waals surface area contributed by atoms with Crippen molar-refractivity contribution in [1.29, 1.82) is 0 Å². The normalized spacial score (nSPS) is 44.1. The molecule has 18 heavy (non-hydrogen) atoms. The Morgan fingerprint density at radius 1 is 1.00 bits per heavy atom. The summed E-state index contributed by atoms with van der Waals surface area (Å²) in [4.78, 5) is 14.9. The number of amides is 1. The zero-order chi connectivity index (χ0) is 12.7. The van der Waals surface area contributed by atoms with E-state index in [-0.39, 0.29) is 0 Å². The van der Waals surface area contributed by atoms with Gasteiger partial charge in [-0.1, -0.05) is 6.92 Å². The van der Waals surface area contributed by atoms with Gasteiger partial charge in [0.1, 0.15) is 0 Å². The Balaban J connectivity index is 1.66. The van der Waals surface area contributed by atoms with Crippen LogP contribution in [0.5, 0.6) is 0 Å². The molecule has 2 heterocycles. The minimum atomic E-state index is 0.304. The first-order chi connectivity index (χ1) is 8.65. The van der Waals surface area contributed by atoms with E-state index in [0.29, 0.717) is 29.3 Å². The van der Waals surface area contributed by atoms with Crippen molar-refractivity contribution in [2.75, 3.05) is 0 Å². The van der Waals surface area contributed by atoms with Gasteiger partial charge < -0.3 is 4.90 Å². The fourth-order valence-corrected chi connectivity index (χ4v) is 4.60. The molecule has 3 heteroatoms. The van der Waals surface area contributed by atoms with E-state index in [2.05, 4.69) is 11.8 Å². The summed E-state index contributed by atoms with van der Waals surface area (Å²) in [6.07, 6.45) is 9.10. The predicted octanol–water partition coefficient (Wildman–Crippen LogP) is 3.57. The van der Waals surface area contributed by atoms with Gasteiger partial charge in [-0.3, -0.25) is 4.79 Å². The molecule has 2 aliphatic heterocycles. The Hall–Kier alpha value is -0.240. The van der Waals surface area contributed by atoms with Gasteiger partial charge in [0, 0.05) is 23.4 Å². The summed E-state index contributed by atoms with van der Waals surface area (Å²) in [5.41, 5.74) is 0. The summed E-state index contributed by atoms with van der Waals surface area (Å²) in [6, 6.07) is 0.913. The Kier molecular flexibility index (Phi) is 3.57. The lowest BCUT2D eigenvalue weighted by Gasteiger charge is -2.40. The molecule has 2 nitrogen and oxygen atoms in total. The third kappa shape index (κ3) is 2.29. The zero-order valence-corrected chi connectivity index (χ0v) is 12.0. The summed E-state index contributed by atoms with van der Waals surface area (Å²) in [6.45, 7) is 2.31. The Morgan fingerprint density at radius 3 is 2.11 bits per heavy atom. The van der Waals surface area contributed by atoms with E-state index >= 15 is 0 Å². The smallest absolute Gasteiger partial charge is 0.226 e. The molecule has 2 bridgehead atoms. The van der Waals surface area contributed by atoms with Crippen molar-refractivity contribution in [1.82, 2.24) is 4.90 Å². The van der Waals surface area contributed by atoms with E-state index in [9.17, 15) is 4.79 Å². The number of fused-ring (bicyclic) bond motifs is 2. The number of rotatable bonds is 1. The second-order valence-corrected chi connectivity index (χ2v) is 7.27. The quantitative estimate of drug-likeness (QED) is 0.667. The lowest BCUT2D eigenvalue weighted by Crippen LogP contribution is -2.49. The molecule has 1 saturated carbocycles. The van der Waals surface area contributed by atoms with Crippen LogP contribution in [0.25, 0.3) is 0 Å². The summed E-state index contributed by atoms with van der Waals surface area (Å²) in [5.74, 6) is 1.59. The highest BCUT2D eigenvalue weighted by molar-refractivity contribution is 6.20. The van der Waals surface area contributed by atoms with E-state index in [1.54, 1.807) is 0 Å². The third-order valence-electron chi connectivity index (χ3n) is 5.30. The fraction of sp³-hybridized carbons (Fsp3) is 0.933. The minimum Gasteiger partial charge on any atom is -0.336 e. The maximum absolute atomic E-state index is 12.7. The molecule has 3 fully saturated rings. The van der Waals surface area contributed by atoms with Crippen molar-refractivity contribution in [3.8, 4) is 0 Å². The Labute approximate surface area is 115 Å². The molecule has 1 aliphatic carbocycles. The number of hydrogen-bond acceptors (Lipinski definition) is 1. The second kappa shape index (κ2) is 5.03. The highest BCUT2D eigenvalue weighted by Crippen LogP contribution is 2.40. The fourth-order valence-electron chi connectivity index (χ4n) is 4.19. The van der Waals surface area contributed by atoms with Gasteiger partial charge >= 0.3 is 0 Å². The molecule has 3 rings (SSSR count). The van der Waals surface area contributed by atoms with Crippen molar-refractivity contribution < 1.29 is 4.79 Å². The van der Waals surface area contributed by atoms with Crippen LogP contribution in [0.3, 0.4) is 0 Å². The topological polar surface area (TPSA) is 20.3 Å². The van der Waals surface area contributed by atoms with Crippen molar-refractivity contribution in [2.24, 2.45) is 11.8 Å². The standard InChI is InChI=1S/C15H24ClNO/c1-10-2-4-11(5-3-10)15(18)17-13-6-7-14(17)9-12(16)8-13/h10-14H,2-9H2,1H3. The summed E-state index contributed by atoms with van der Waals surface area (Å²) >= 11 is 6.28. The van der Waals surface area contributed by atoms with Crippen LogP contribution in [0.1, 0.15) is 58.3 Å². The van der Waals surface area contributed by atoms with E-state index in [0.717, 1.165) is 31.6 Å². The lowest BCUT2D eigenvalue weighted by atomic mass is 9.81. The molecule has 1 amide bonds. The van der Waals surface area contributed by atoms with Gasteiger partial charge in [-0.15, -0.1) is 11.6 Å². The van der Waals surface area contributed by atoms with E-state index in [1.165, 1.54) is 25.7 Å². The Morgan fingerprint density at radius 2 is 1.56 bits per heavy atom. The maximum atomic E-state index is 12.7. The van der Waals surface area contributed by atoms with Crippen LogP contribution in [0.15, 0.2) is 0 Å². The largest absolute Gasteiger partial charge is 0.336 e. The number of hydrogen-bond donors (Lipinski definition) is 0.